The number of rotatable bonds is 8. The van der Waals surface area contributed by atoms with E-state index < -0.39 is 48.0 Å². The molecule has 0 aliphatic rings. The number of carbonyl (C=O) groups excluding carboxylic acids is 6. The molecule has 0 saturated heterocycles. The molecular formula is C14H14Li2O12. The minimum Gasteiger partial charge on any atom is -0.545 e. The van der Waals surface area contributed by atoms with Crippen molar-refractivity contribution in [1.29, 1.82) is 0 Å². The topological polar surface area (TPSA) is 185 Å². The molecule has 0 aromatic carbocycles. The van der Waals surface area contributed by atoms with Crippen LogP contribution in [-0.2, 0) is 47.7 Å². The van der Waals surface area contributed by atoms with Gasteiger partial charge in [0.1, 0.15) is 0 Å². The first-order valence-corrected chi connectivity index (χ1v) is 6.29. The van der Waals surface area contributed by atoms with E-state index in [1.807, 2.05) is 0 Å². The van der Waals surface area contributed by atoms with Gasteiger partial charge in [-0.2, -0.15) is 0 Å². The van der Waals surface area contributed by atoms with Gasteiger partial charge in [-0.25, -0.2) is 19.2 Å². The molecule has 14 heteroatoms. The Morgan fingerprint density at radius 2 is 0.964 bits per heavy atom. The number of carboxylic acid groups (broad SMARTS) is 2. The molecule has 28 heavy (non-hydrogen) atoms. The zero-order valence-corrected chi connectivity index (χ0v) is 15.6. The Labute approximate surface area is 183 Å². The van der Waals surface area contributed by atoms with Crippen molar-refractivity contribution in [1.82, 2.24) is 0 Å². The van der Waals surface area contributed by atoms with Crippen molar-refractivity contribution in [2.45, 2.75) is 12.2 Å². The predicted molar refractivity (Wildman–Crippen MR) is 74.2 cm³/mol. The van der Waals surface area contributed by atoms with Gasteiger partial charge in [0.2, 0.25) is 12.2 Å². The molecule has 0 heterocycles. The van der Waals surface area contributed by atoms with E-state index in [0.717, 1.165) is 26.4 Å². The molecule has 0 saturated carbocycles. The van der Waals surface area contributed by atoms with Crippen LogP contribution >= 0.6 is 0 Å². The predicted octanol–water partition coefficient (Wildman–Crippen LogP) is -9.98. The smallest absolute Gasteiger partial charge is 0.545 e. The number of esters is 4. The molecule has 2 unspecified atom stereocenters. The van der Waals surface area contributed by atoms with Crippen LogP contribution in [0.5, 0.6) is 0 Å². The van der Waals surface area contributed by atoms with Crippen LogP contribution in [0, 0.1) is 0 Å². The van der Waals surface area contributed by atoms with E-state index in [4.69, 9.17) is 0 Å². The van der Waals surface area contributed by atoms with E-state index >= 15 is 0 Å². The molecule has 0 aliphatic heterocycles. The summed E-state index contributed by atoms with van der Waals surface area (Å²) in [5.74, 6) is -8.20. The third kappa shape index (κ3) is 13.7. The number of carboxylic acids is 2. The summed E-state index contributed by atoms with van der Waals surface area (Å²) in [5.41, 5.74) is 0. The van der Waals surface area contributed by atoms with Crippen molar-refractivity contribution in [2.75, 3.05) is 14.2 Å². The fourth-order valence-corrected chi connectivity index (χ4v) is 0.928. The summed E-state index contributed by atoms with van der Waals surface area (Å²) in [6.07, 6.45) is -2.65. The average molecular weight is 388 g/mol. The summed E-state index contributed by atoms with van der Waals surface area (Å²) in [6, 6.07) is 0. The molecule has 0 spiro atoms. The average Bonchev–Trinajstić information content (AvgIpc) is 2.62. The first-order valence-electron chi connectivity index (χ1n) is 6.29. The molecule has 2 atom stereocenters. The molecule has 0 radical (unpaired) electrons. The van der Waals surface area contributed by atoms with Gasteiger partial charge in [-0.15, -0.1) is 0 Å². The zero-order valence-electron chi connectivity index (χ0n) is 15.6. The zero-order chi connectivity index (χ0) is 20.9. The van der Waals surface area contributed by atoms with E-state index in [1.165, 1.54) is 0 Å². The second-order valence-electron chi connectivity index (χ2n) is 3.73. The third-order valence-corrected chi connectivity index (χ3v) is 2.06. The molecule has 0 bridgehead atoms. The van der Waals surface area contributed by atoms with Gasteiger partial charge in [0.15, 0.2) is 0 Å². The Bertz CT molecular complexity index is 549. The summed E-state index contributed by atoms with van der Waals surface area (Å²) in [7, 11) is 1.92. The molecule has 144 valence electrons. The summed E-state index contributed by atoms with van der Waals surface area (Å²) in [6.45, 7) is 6.04. The summed E-state index contributed by atoms with van der Waals surface area (Å²) in [5, 5.41) is 20.5. The summed E-state index contributed by atoms with van der Waals surface area (Å²) in [4.78, 5) is 62.8. The maximum atomic E-state index is 10.7. The Morgan fingerprint density at radius 1 is 0.714 bits per heavy atom. The van der Waals surface area contributed by atoms with Crippen molar-refractivity contribution in [3.8, 4) is 0 Å². The fourth-order valence-electron chi connectivity index (χ4n) is 0.928. The standard InChI is InChI=1S/2C7H8O6.2Li/c2*1-3-4(8)13-5(6(9)10)7(11)12-2;;/h2*3,5H,1H2,2H3,(H,9,10);;/q;;2*+1/p-2. The van der Waals surface area contributed by atoms with Crippen molar-refractivity contribution in [2.24, 2.45) is 0 Å². The van der Waals surface area contributed by atoms with Crippen LogP contribution in [0.1, 0.15) is 0 Å². The number of hydrogen-bond acceptors (Lipinski definition) is 12. The number of hydrogen-bond donors (Lipinski definition) is 0. The molecule has 0 fully saturated rings. The second kappa shape index (κ2) is 17.9. The van der Waals surface area contributed by atoms with E-state index in [2.05, 4.69) is 32.1 Å². The summed E-state index contributed by atoms with van der Waals surface area (Å²) < 4.78 is 16.3. The van der Waals surface area contributed by atoms with Gasteiger partial charge in [-0.05, 0) is 0 Å². The van der Waals surface area contributed by atoms with Crippen LogP contribution in [0.2, 0.25) is 0 Å². The first kappa shape index (κ1) is 33.1. The molecular weight excluding hydrogens is 374 g/mol. The van der Waals surface area contributed by atoms with Gasteiger partial charge >= 0.3 is 61.6 Å². The van der Waals surface area contributed by atoms with E-state index in [1.54, 1.807) is 0 Å². The van der Waals surface area contributed by atoms with Gasteiger partial charge in [0, 0.05) is 12.2 Å². The first-order chi connectivity index (χ1) is 12.0. The molecule has 0 N–H and O–H groups in total. The number of methoxy groups -OCH3 is 2. The van der Waals surface area contributed by atoms with Crippen LogP contribution in [0.15, 0.2) is 25.3 Å². The molecule has 0 aromatic heterocycles. The Balaban J connectivity index is -0.000000192. The van der Waals surface area contributed by atoms with Gasteiger partial charge in [-0.1, -0.05) is 13.2 Å². The Hall–Kier alpha value is -2.51. The van der Waals surface area contributed by atoms with Crippen molar-refractivity contribution >= 4 is 35.8 Å². The number of carbonyl (C=O) groups is 6. The van der Waals surface area contributed by atoms with Crippen molar-refractivity contribution in [3.63, 3.8) is 0 Å². The minimum absolute atomic E-state index is 0. The molecule has 0 aromatic rings. The van der Waals surface area contributed by atoms with E-state index in [9.17, 15) is 39.0 Å². The third-order valence-electron chi connectivity index (χ3n) is 2.06. The van der Waals surface area contributed by atoms with Crippen molar-refractivity contribution in [3.05, 3.63) is 25.3 Å². The normalized spacial score (nSPS) is 10.4. The van der Waals surface area contributed by atoms with Gasteiger partial charge in [0.05, 0.1) is 26.2 Å². The van der Waals surface area contributed by atoms with Crippen molar-refractivity contribution < 1.29 is 95.6 Å². The Morgan fingerprint density at radius 3 is 1.11 bits per heavy atom. The van der Waals surface area contributed by atoms with E-state index in [-0.39, 0.29) is 37.7 Å². The number of aliphatic carboxylic acids is 2. The maximum absolute atomic E-state index is 10.7. The van der Waals surface area contributed by atoms with Gasteiger partial charge < -0.3 is 38.7 Å². The fraction of sp³-hybridized carbons (Fsp3) is 0.286. The second-order valence-corrected chi connectivity index (χ2v) is 3.73. The maximum Gasteiger partial charge on any atom is 1.00 e. The number of ether oxygens (including phenoxy) is 4. The molecule has 0 aliphatic carbocycles. The molecule has 12 nitrogen and oxygen atoms in total. The van der Waals surface area contributed by atoms with Crippen LogP contribution in [0.3, 0.4) is 0 Å². The molecule has 0 rings (SSSR count). The van der Waals surface area contributed by atoms with Crippen LogP contribution < -0.4 is 47.9 Å². The monoisotopic (exact) mass is 388 g/mol. The van der Waals surface area contributed by atoms with Crippen LogP contribution in [-0.4, -0.2) is 62.2 Å². The largest absolute Gasteiger partial charge is 1.00 e. The SMILES string of the molecule is C=CC(=O)OC(C(=O)[O-])C(=O)OC.C=CC(=O)OC(C(=O)[O-])C(=O)OC.[Li+].[Li+]. The molecule has 0 amide bonds. The van der Waals surface area contributed by atoms with Gasteiger partial charge in [-0.3, -0.25) is 0 Å². The van der Waals surface area contributed by atoms with Crippen LogP contribution in [0.25, 0.3) is 0 Å². The quantitative estimate of drug-likeness (QED) is 0.126. The van der Waals surface area contributed by atoms with E-state index in [0.29, 0.717) is 0 Å². The Kier molecular flexibility index (Phi) is 21.1. The van der Waals surface area contributed by atoms with Crippen LogP contribution in [0.4, 0.5) is 0 Å². The minimum atomic E-state index is -2.05. The summed E-state index contributed by atoms with van der Waals surface area (Å²) >= 11 is 0. The van der Waals surface area contributed by atoms with Gasteiger partial charge in [0.25, 0.3) is 0 Å².